The Morgan fingerprint density at radius 2 is 1.94 bits per heavy atom. The van der Waals surface area contributed by atoms with E-state index in [-0.39, 0.29) is 11.4 Å². The van der Waals surface area contributed by atoms with Crippen molar-refractivity contribution in [3.63, 3.8) is 0 Å². The number of aryl methyl sites for hydroxylation is 1. The molecule has 0 saturated carbocycles. The Bertz CT molecular complexity index is 427. The number of aromatic nitrogens is 3. The molecule has 0 aromatic carbocycles. The summed E-state index contributed by atoms with van der Waals surface area (Å²) < 4.78 is 1.48. The molecule has 2 rings (SSSR count). The molecule has 6 nitrogen and oxygen atoms in total. The summed E-state index contributed by atoms with van der Waals surface area (Å²) in [6.45, 7) is 2.78. The zero-order valence-corrected chi connectivity index (χ0v) is 10.2. The molecular formula is C11H19N5O. The number of unbranched alkanes of at least 4 members (excludes halogenated alkanes) is 4. The topological polar surface area (TPSA) is 75.4 Å². The second-order valence-corrected chi connectivity index (χ2v) is 4.75. The summed E-state index contributed by atoms with van der Waals surface area (Å²) in [4.78, 5) is 13.7. The van der Waals surface area contributed by atoms with Gasteiger partial charge in [0.1, 0.15) is 6.33 Å². The van der Waals surface area contributed by atoms with E-state index in [0.717, 1.165) is 19.3 Å². The zero-order chi connectivity index (χ0) is 12.1. The van der Waals surface area contributed by atoms with E-state index in [9.17, 15) is 4.79 Å². The minimum absolute atomic E-state index is 0.0393. The molecular weight excluding hydrogens is 218 g/mol. The van der Waals surface area contributed by atoms with Crippen LogP contribution in [0.3, 0.4) is 0 Å². The van der Waals surface area contributed by atoms with Crippen LogP contribution in [0.15, 0.2) is 21.4 Å². The number of aromatic amines is 1. The molecule has 1 aliphatic heterocycles. The maximum atomic E-state index is 11.1. The third-order valence-corrected chi connectivity index (χ3v) is 3.08. The average Bonchev–Trinajstić information content (AvgIpc) is 2.90. The Morgan fingerprint density at radius 3 is 2.59 bits per heavy atom. The molecule has 1 aromatic heterocycles. The number of hydrogen-bond acceptors (Lipinski definition) is 4. The summed E-state index contributed by atoms with van der Waals surface area (Å²) in [5.41, 5.74) is -0.155. The van der Waals surface area contributed by atoms with Crippen molar-refractivity contribution in [1.29, 1.82) is 0 Å². The third-order valence-electron chi connectivity index (χ3n) is 3.08. The predicted octanol–water partition coefficient (Wildman–Crippen LogP) is 2.09. The fourth-order valence-corrected chi connectivity index (χ4v) is 1.88. The van der Waals surface area contributed by atoms with Gasteiger partial charge in [-0.2, -0.15) is 15.3 Å². The fraction of sp³-hybridized carbons (Fsp3) is 0.818. The molecule has 0 radical (unpaired) electrons. The summed E-state index contributed by atoms with van der Waals surface area (Å²) in [5.74, 6) is 0. The van der Waals surface area contributed by atoms with Crippen molar-refractivity contribution in [2.24, 2.45) is 10.2 Å². The van der Waals surface area contributed by atoms with Gasteiger partial charge in [0.05, 0.1) is 0 Å². The van der Waals surface area contributed by atoms with Crippen LogP contribution in [0.4, 0.5) is 0 Å². The van der Waals surface area contributed by atoms with E-state index in [2.05, 4.69) is 27.2 Å². The molecule has 0 aliphatic carbocycles. The van der Waals surface area contributed by atoms with E-state index < -0.39 is 0 Å². The molecule has 0 saturated heterocycles. The van der Waals surface area contributed by atoms with Gasteiger partial charge >= 0.3 is 5.69 Å². The monoisotopic (exact) mass is 237 g/mol. The average molecular weight is 237 g/mol. The standard InChI is InChI=1S/C11H19N5O/c1-11(14-15-11)7-5-3-2-4-6-8-16-10(17)12-9-13-16/h9H,2-8H2,1H3,(H,12,13,17). The number of rotatable bonds is 8. The van der Waals surface area contributed by atoms with Crippen LogP contribution in [0.1, 0.15) is 45.4 Å². The Kier molecular flexibility index (Phi) is 3.71. The predicted molar refractivity (Wildman–Crippen MR) is 63.8 cm³/mol. The molecule has 0 bridgehead atoms. The molecule has 1 aromatic rings. The lowest BCUT2D eigenvalue weighted by Gasteiger charge is -2.03. The zero-order valence-electron chi connectivity index (χ0n) is 10.2. The van der Waals surface area contributed by atoms with Crippen LogP contribution >= 0.6 is 0 Å². The normalized spacial score (nSPS) is 16.3. The van der Waals surface area contributed by atoms with Crippen molar-refractivity contribution in [2.75, 3.05) is 0 Å². The van der Waals surface area contributed by atoms with Crippen LogP contribution in [0.5, 0.6) is 0 Å². The van der Waals surface area contributed by atoms with Crippen LogP contribution in [0, 0.1) is 0 Å². The first-order valence-electron chi connectivity index (χ1n) is 6.24. The second-order valence-electron chi connectivity index (χ2n) is 4.75. The molecule has 17 heavy (non-hydrogen) atoms. The second kappa shape index (κ2) is 5.25. The van der Waals surface area contributed by atoms with Crippen molar-refractivity contribution >= 4 is 0 Å². The van der Waals surface area contributed by atoms with Crippen molar-refractivity contribution in [1.82, 2.24) is 14.8 Å². The summed E-state index contributed by atoms with van der Waals surface area (Å²) in [5, 5.41) is 11.9. The summed E-state index contributed by atoms with van der Waals surface area (Å²) in [6, 6.07) is 0. The van der Waals surface area contributed by atoms with E-state index in [4.69, 9.17) is 0 Å². The van der Waals surface area contributed by atoms with Crippen molar-refractivity contribution in [2.45, 2.75) is 57.7 Å². The molecule has 0 spiro atoms. The van der Waals surface area contributed by atoms with Crippen LogP contribution in [-0.2, 0) is 6.54 Å². The van der Waals surface area contributed by atoms with Gasteiger partial charge in [0, 0.05) is 6.54 Å². The molecule has 0 unspecified atom stereocenters. The highest BCUT2D eigenvalue weighted by Crippen LogP contribution is 2.32. The summed E-state index contributed by atoms with van der Waals surface area (Å²) in [6.07, 6.45) is 8.27. The molecule has 6 heteroatoms. The minimum atomic E-state index is -0.116. The first-order chi connectivity index (χ1) is 8.20. The maximum absolute atomic E-state index is 11.1. The van der Waals surface area contributed by atoms with Crippen LogP contribution < -0.4 is 5.69 Å². The molecule has 94 valence electrons. The lowest BCUT2D eigenvalue weighted by atomic mass is 10.1. The Balaban J connectivity index is 1.46. The van der Waals surface area contributed by atoms with E-state index in [1.165, 1.54) is 30.3 Å². The fourth-order valence-electron chi connectivity index (χ4n) is 1.88. The molecule has 2 heterocycles. The van der Waals surface area contributed by atoms with Gasteiger partial charge in [-0.05, 0) is 26.2 Å². The Morgan fingerprint density at radius 1 is 1.24 bits per heavy atom. The highest BCUT2D eigenvalue weighted by Gasteiger charge is 2.32. The Hall–Kier alpha value is -1.46. The lowest BCUT2D eigenvalue weighted by molar-refractivity contribution is 0.494. The van der Waals surface area contributed by atoms with Crippen LogP contribution in [-0.4, -0.2) is 20.4 Å². The van der Waals surface area contributed by atoms with E-state index in [1.807, 2.05) is 0 Å². The maximum Gasteiger partial charge on any atom is 0.343 e. The summed E-state index contributed by atoms with van der Waals surface area (Å²) >= 11 is 0. The number of nitrogens with one attached hydrogen (secondary N) is 1. The minimum Gasteiger partial charge on any atom is -0.295 e. The molecule has 0 amide bonds. The van der Waals surface area contributed by atoms with Crippen molar-refractivity contribution in [3.05, 3.63) is 16.8 Å². The van der Waals surface area contributed by atoms with Crippen LogP contribution in [0.2, 0.25) is 0 Å². The van der Waals surface area contributed by atoms with Crippen molar-refractivity contribution in [3.8, 4) is 0 Å². The summed E-state index contributed by atoms with van der Waals surface area (Å²) in [7, 11) is 0. The van der Waals surface area contributed by atoms with Gasteiger partial charge in [0.2, 0.25) is 0 Å². The highest BCUT2D eigenvalue weighted by molar-refractivity contribution is 4.87. The van der Waals surface area contributed by atoms with E-state index in [0.29, 0.717) is 6.54 Å². The Labute approximate surface area is 100 Å². The van der Waals surface area contributed by atoms with E-state index >= 15 is 0 Å². The third kappa shape index (κ3) is 3.80. The molecule has 1 N–H and O–H groups in total. The SMILES string of the molecule is CC1(CCCCCCCn2nc[nH]c2=O)N=N1. The van der Waals surface area contributed by atoms with Gasteiger partial charge in [0.15, 0.2) is 5.66 Å². The lowest BCUT2D eigenvalue weighted by Crippen LogP contribution is -2.18. The van der Waals surface area contributed by atoms with Gasteiger partial charge in [0.25, 0.3) is 0 Å². The largest absolute Gasteiger partial charge is 0.343 e. The van der Waals surface area contributed by atoms with Crippen molar-refractivity contribution < 1.29 is 0 Å². The smallest absolute Gasteiger partial charge is 0.295 e. The number of hydrogen-bond donors (Lipinski definition) is 1. The number of H-pyrrole nitrogens is 1. The van der Waals surface area contributed by atoms with Crippen LogP contribution in [0.25, 0.3) is 0 Å². The highest BCUT2D eigenvalue weighted by atomic mass is 16.1. The molecule has 1 aliphatic rings. The van der Waals surface area contributed by atoms with Gasteiger partial charge in [-0.15, -0.1) is 0 Å². The van der Waals surface area contributed by atoms with E-state index in [1.54, 1.807) is 0 Å². The quantitative estimate of drug-likeness (QED) is 0.703. The first kappa shape index (κ1) is 12.0. The molecule has 0 atom stereocenters. The van der Waals surface area contributed by atoms with Gasteiger partial charge in [-0.25, -0.2) is 9.48 Å². The molecule has 0 fully saturated rings. The van der Waals surface area contributed by atoms with Gasteiger partial charge < -0.3 is 0 Å². The number of nitrogens with zero attached hydrogens (tertiary/aromatic N) is 4. The van der Waals surface area contributed by atoms with Gasteiger partial charge in [-0.1, -0.05) is 19.3 Å². The van der Waals surface area contributed by atoms with Gasteiger partial charge in [-0.3, -0.25) is 4.98 Å². The first-order valence-corrected chi connectivity index (χ1v) is 6.24.